The van der Waals surface area contributed by atoms with Crippen molar-refractivity contribution in [2.45, 2.75) is 70.9 Å². The molecule has 0 bridgehead atoms. The van der Waals surface area contributed by atoms with Gasteiger partial charge in [0.2, 0.25) is 0 Å². The molecule has 106 valence electrons. The molecule has 0 radical (unpaired) electrons. The van der Waals surface area contributed by atoms with Crippen LogP contribution in [0, 0.1) is 23.7 Å². The van der Waals surface area contributed by atoms with Crippen LogP contribution in [0.4, 0.5) is 4.39 Å². The predicted octanol–water partition coefficient (Wildman–Crippen LogP) is 4.34. The van der Waals surface area contributed by atoms with Crippen molar-refractivity contribution in [3.05, 3.63) is 0 Å². The zero-order chi connectivity index (χ0) is 13.0. The molecular weight excluding hydrogens is 227 g/mol. The lowest BCUT2D eigenvalue weighted by Crippen LogP contribution is -2.34. The first-order valence-corrected chi connectivity index (χ1v) is 7.99. The van der Waals surface area contributed by atoms with E-state index >= 15 is 0 Å². The zero-order valence-electron chi connectivity index (χ0n) is 11.8. The number of rotatable bonds is 4. The van der Waals surface area contributed by atoms with Crippen molar-refractivity contribution in [3.63, 3.8) is 0 Å². The minimum Gasteiger partial charge on any atom is -0.396 e. The van der Waals surface area contributed by atoms with Crippen LogP contribution in [0.2, 0.25) is 0 Å². The lowest BCUT2D eigenvalue weighted by molar-refractivity contribution is 0.0415. The molecule has 2 rings (SSSR count). The summed E-state index contributed by atoms with van der Waals surface area (Å²) in [5, 5.41) is 9.13. The Bertz CT molecular complexity index is 235. The van der Waals surface area contributed by atoms with E-state index < -0.39 is 6.17 Å². The van der Waals surface area contributed by atoms with Crippen molar-refractivity contribution < 1.29 is 9.50 Å². The molecule has 1 N–H and O–H groups in total. The van der Waals surface area contributed by atoms with Gasteiger partial charge in [-0.05, 0) is 55.8 Å². The van der Waals surface area contributed by atoms with Gasteiger partial charge in [-0.2, -0.15) is 0 Å². The Morgan fingerprint density at radius 2 is 1.67 bits per heavy atom. The molecule has 18 heavy (non-hydrogen) atoms. The molecule has 0 amide bonds. The van der Waals surface area contributed by atoms with Crippen LogP contribution in [0.25, 0.3) is 0 Å². The van der Waals surface area contributed by atoms with Crippen LogP contribution in [0.1, 0.15) is 64.7 Å². The van der Waals surface area contributed by atoms with Crippen molar-refractivity contribution in [2.75, 3.05) is 6.61 Å². The van der Waals surface area contributed by atoms with Gasteiger partial charge in [0.05, 0.1) is 0 Å². The average molecular weight is 256 g/mol. The molecule has 0 aromatic heterocycles. The van der Waals surface area contributed by atoms with Crippen LogP contribution in [0.15, 0.2) is 0 Å². The Morgan fingerprint density at radius 3 is 2.22 bits per heavy atom. The van der Waals surface area contributed by atoms with Gasteiger partial charge in [0, 0.05) is 6.61 Å². The zero-order valence-corrected chi connectivity index (χ0v) is 11.8. The first kappa shape index (κ1) is 14.3. The number of halogens is 1. The summed E-state index contributed by atoms with van der Waals surface area (Å²) in [7, 11) is 0. The van der Waals surface area contributed by atoms with E-state index in [1.165, 1.54) is 38.5 Å². The highest BCUT2D eigenvalue weighted by atomic mass is 19.1. The normalized spacial score (nSPS) is 41.8. The SMILES string of the molecule is CCCC1CCC(C2CCC(CO)CC2F)CC1. The van der Waals surface area contributed by atoms with Crippen LogP contribution in [-0.4, -0.2) is 17.9 Å². The first-order valence-electron chi connectivity index (χ1n) is 7.99. The van der Waals surface area contributed by atoms with Crippen LogP contribution in [-0.2, 0) is 0 Å². The van der Waals surface area contributed by atoms with Gasteiger partial charge in [-0.3, -0.25) is 0 Å². The van der Waals surface area contributed by atoms with Crippen molar-refractivity contribution >= 4 is 0 Å². The number of aliphatic hydroxyl groups excluding tert-OH is 1. The summed E-state index contributed by atoms with van der Waals surface area (Å²) < 4.78 is 14.2. The van der Waals surface area contributed by atoms with Gasteiger partial charge in [-0.25, -0.2) is 4.39 Å². The average Bonchev–Trinajstić information content (AvgIpc) is 2.40. The maximum Gasteiger partial charge on any atom is 0.104 e. The minimum absolute atomic E-state index is 0.177. The summed E-state index contributed by atoms with van der Waals surface area (Å²) in [5.41, 5.74) is 0. The van der Waals surface area contributed by atoms with Crippen molar-refractivity contribution in [1.29, 1.82) is 0 Å². The van der Waals surface area contributed by atoms with E-state index in [0.29, 0.717) is 18.3 Å². The molecule has 2 aliphatic carbocycles. The summed E-state index contributed by atoms with van der Waals surface area (Å²) in [6.45, 7) is 2.44. The summed E-state index contributed by atoms with van der Waals surface area (Å²) >= 11 is 0. The summed E-state index contributed by atoms with van der Waals surface area (Å²) in [6.07, 6.45) is 9.81. The van der Waals surface area contributed by atoms with Crippen molar-refractivity contribution in [1.82, 2.24) is 0 Å². The van der Waals surface area contributed by atoms with E-state index in [-0.39, 0.29) is 12.5 Å². The molecule has 0 saturated heterocycles. The molecule has 0 aliphatic heterocycles. The second-order valence-electron chi connectivity index (χ2n) is 6.61. The highest BCUT2D eigenvalue weighted by Gasteiger charge is 2.36. The molecule has 2 fully saturated rings. The lowest BCUT2D eigenvalue weighted by Gasteiger charge is -2.39. The monoisotopic (exact) mass is 256 g/mol. The van der Waals surface area contributed by atoms with Gasteiger partial charge in [0.1, 0.15) is 6.17 Å². The lowest BCUT2D eigenvalue weighted by atomic mass is 9.68. The van der Waals surface area contributed by atoms with E-state index in [2.05, 4.69) is 6.92 Å². The fourth-order valence-electron chi connectivity index (χ4n) is 4.23. The third-order valence-electron chi connectivity index (χ3n) is 5.38. The number of alkyl halides is 1. The van der Waals surface area contributed by atoms with Crippen molar-refractivity contribution in [3.8, 4) is 0 Å². The Morgan fingerprint density at radius 1 is 1.00 bits per heavy atom. The molecule has 2 aliphatic rings. The Hall–Kier alpha value is -0.110. The van der Waals surface area contributed by atoms with E-state index in [4.69, 9.17) is 5.11 Å². The minimum atomic E-state index is -0.649. The summed E-state index contributed by atoms with van der Waals surface area (Å²) in [4.78, 5) is 0. The highest BCUT2D eigenvalue weighted by Crippen LogP contribution is 2.43. The molecule has 1 nitrogen and oxygen atoms in total. The van der Waals surface area contributed by atoms with Crippen LogP contribution >= 0.6 is 0 Å². The second-order valence-corrected chi connectivity index (χ2v) is 6.61. The predicted molar refractivity (Wildman–Crippen MR) is 73.2 cm³/mol. The molecule has 0 spiro atoms. The van der Waals surface area contributed by atoms with Crippen LogP contribution in [0.3, 0.4) is 0 Å². The third-order valence-corrected chi connectivity index (χ3v) is 5.38. The Kier molecular flexibility index (Phi) is 5.47. The molecule has 0 aromatic carbocycles. The molecule has 0 heterocycles. The topological polar surface area (TPSA) is 20.2 Å². The highest BCUT2D eigenvalue weighted by molar-refractivity contribution is 4.86. The quantitative estimate of drug-likeness (QED) is 0.793. The largest absolute Gasteiger partial charge is 0.396 e. The molecule has 0 aromatic rings. The molecular formula is C16H29FO. The second kappa shape index (κ2) is 6.88. The van der Waals surface area contributed by atoms with Crippen molar-refractivity contribution in [2.24, 2.45) is 23.7 Å². The third kappa shape index (κ3) is 3.46. The number of hydrogen-bond donors (Lipinski definition) is 1. The van der Waals surface area contributed by atoms with Gasteiger partial charge in [0.25, 0.3) is 0 Å². The first-order chi connectivity index (χ1) is 8.74. The van der Waals surface area contributed by atoms with Gasteiger partial charge in [0.15, 0.2) is 0 Å². The van der Waals surface area contributed by atoms with E-state index in [9.17, 15) is 4.39 Å². The van der Waals surface area contributed by atoms with E-state index in [1.807, 2.05) is 0 Å². The number of aliphatic hydroxyl groups is 1. The van der Waals surface area contributed by atoms with Gasteiger partial charge < -0.3 is 5.11 Å². The fourth-order valence-corrected chi connectivity index (χ4v) is 4.23. The van der Waals surface area contributed by atoms with E-state index in [1.54, 1.807) is 0 Å². The van der Waals surface area contributed by atoms with Gasteiger partial charge in [-0.15, -0.1) is 0 Å². The summed E-state index contributed by atoms with van der Waals surface area (Å²) in [5.74, 6) is 2.08. The van der Waals surface area contributed by atoms with Gasteiger partial charge in [-0.1, -0.05) is 32.6 Å². The molecule has 3 unspecified atom stereocenters. The fraction of sp³-hybridized carbons (Fsp3) is 1.00. The molecule has 2 saturated carbocycles. The molecule has 3 atom stereocenters. The smallest absolute Gasteiger partial charge is 0.104 e. The Balaban J connectivity index is 1.79. The summed E-state index contributed by atoms with van der Waals surface area (Å²) in [6, 6.07) is 0. The van der Waals surface area contributed by atoms with E-state index in [0.717, 1.165) is 18.8 Å². The Labute approximate surface area is 111 Å². The molecule has 2 heteroatoms. The van der Waals surface area contributed by atoms with Crippen LogP contribution in [0.5, 0.6) is 0 Å². The van der Waals surface area contributed by atoms with Gasteiger partial charge >= 0.3 is 0 Å². The van der Waals surface area contributed by atoms with Crippen LogP contribution < -0.4 is 0 Å². The maximum atomic E-state index is 14.2. The maximum absolute atomic E-state index is 14.2. The standard InChI is InChI=1S/C16H29FO/c1-2-3-12-4-7-14(8-5-12)15-9-6-13(11-18)10-16(15)17/h12-16,18H,2-11H2,1H3. The number of hydrogen-bond acceptors (Lipinski definition) is 1.